The fraction of sp³-hybridized carbons (Fsp3) is 0.619. The second-order valence-electron chi connectivity index (χ2n) is 17.3. The lowest BCUT2D eigenvalue weighted by molar-refractivity contribution is -0.156. The van der Waals surface area contributed by atoms with Crippen molar-refractivity contribution >= 4 is 44.6 Å². The molecular formula is C42H53N5O9S. The minimum atomic E-state index is -4.01. The van der Waals surface area contributed by atoms with Crippen LogP contribution in [-0.2, 0) is 40.5 Å². The minimum Gasteiger partial charge on any atom is -0.462 e. The van der Waals surface area contributed by atoms with Gasteiger partial charge in [-0.25, -0.2) is 8.42 Å². The first kappa shape index (κ1) is 39.3. The molecule has 2 aromatic rings. The Morgan fingerprint density at radius 3 is 2.47 bits per heavy atom. The van der Waals surface area contributed by atoms with Crippen LogP contribution in [0.1, 0.15) is 96.8 Å². The van der Waals surface area contributed by atoms with Gasteiger partial charge in [0.2, 0.25) is 21.8 Å². The van der Waals surface area contributed by atoms with Crippen LogP contribution in [0.25, 0.3) is 10.9 Å². The number of nitrogens with zero attached hydrogens (tertiary/aromatic N) is 3. The fourth-order valence-corrected chi connectivity index (χ4v) is 10.9. The summed E-state index contributed by atoms with van der Waals surface area (Å²) in [6.07, 6.45) is 12.8. The van der Waals surface area contributed by atoms with Crippen molar-refractivity contribution in [3.8, 4) is 6.01 Å². The van der Waals surface area contributed by atoms with Crippen molar-refractivity contribution in [1.29, 1.82) is 0 Å². The molecule has 3 amide bonds. The topological polar surface area (TPSA) is 183 Å². The Balaban J connectivity index is 1.14. The maximum absolute atomic E-state index is 14.9. The largest absolute Gasteiger partial charge is 0.462 e. The molecule has 4 saturated carbocycles. The van der Waals surface area contributed by atoms with E-state index in [-0.39, 0.29) is 67.8 Å². The fourth-order valence-electron chi connectivity index (χ4n) is 9.56. The van der Waals surface area contributed by atoms with Crippen molar-refractivity contribution in [3.05, 3.63) is 59.4 Å². The molecule has 2 bridgehead atoms. The molecule has 0 spiro atoms. The Labute approximate surface area is 332 Å². The summed E-state index contributed by atoms with van der Waals surface area (Å²) in [6.45, 7) is 5.52. The van der Waals surface area contributed by atoms with Crippen molar-refractivity contribution in [2.45, 2.75) is 132 Å². The number of ether oxygens (including phenoxy) is 2. The Morgan fingerprint density at radius 1 is 0.982 bits per heavy atom. The van der Waals surface area contributed by atoms with Gasteiger partial charge in [-0.1, -0.05) is 43.2 Å². The minimum absolute atomic E-state index is 0.00543. The first-order valence-corrected chi connectivity index (χ1v) is 22.1. The first-order valence-electron chi connectivity index (χ1n) is 20.6. The van der Waals surface area contributed by atoms with E-state index in [4.69, 9.17) is 14.5 Å². The van der Waals surface area contributed by atoms with Gasteiger partial charge in [-0.2, -0.15) is 4.98 Å². The number of amides is 3. The molecule has 2 aliphatic heterocycles. The maximum Gasteiger partial charge on any atom is 0.306 e. The number of hydrogen-bond acceptors (Lipinski definition) is 10. The molecule has 7 atom stereocenters. The lowest BCUT2D eigenvalue weighted by atomic mass is 9.86. The van der Waals surface area contributed by atoms with Crippen LogP contribution in [-0.4, -0.2) is 81.6 Å². The normalized spacial score (nSPS) is 31.6. The molecule has 3 heterocycles. The molecule has 5 fully saturated rings. The molecular weight excluding hydrogens is 751 g/mol. The number of allylic oxidation sites excluding steroid dienone is 2. The number of carbonyl (C=O) groups is 4. The molecule has 1 aromatic carbocycles. The van der Waals surface area contributed by atoms with Gasteiger partial charge in [-0.15, -0.1) is 6.58 Å². The van der Waals surface area contributed by atoms with Gasteiger partial charge in [-0.3, -0.25) is 33.3 Å². The second kappa shape index (κ2) is 15.3. The third kappa shape index (κ3) is 7.63. The molecule has 0 radical (unpaired) electrons. The Hall–Kier alpha value is -4.53. The summed E-state index contributed by atoms with van der Waals surface area (Å²) in [5.74, 6) is -3.46. The number of rotatable bonds is 7. The lowest BCUT2D eigenvalue weighted by Crippen LogP contribution is -2.57. The maximum atomic E-state index is 14.9. The van der Waals surface area contributed by atoms with E-state index in [9.17, 15) is 32.4 Å². The molecule has 57 heavy (non-hydrogen) atoms. The number of nitrogens with one attached hydrogen (secondary N) is 2. The zero-order valence-corrected chi connectivity index (χ0v) is 33.3. The van der Waals surface area contributed by atoms with E-state index in [2.05, 4.69) is 16.6 Å². The summed E-state index contributed by atoms with van der Waals surface area (Å²) in [6, 6.07) is 5.91. The molecule has 8 rings (SSSR count). The molecule has 2 N–H and O–H groups in total. The number of sulfonamides is 1. The van der Waals surface area contributed by atoms with Crippen molar-refractivity contribution in [1.82, 2.24) is 24.5 Å². The van der Waals surface area contributed by atoms with Crippen molar-refractivity contribution in [2.75, 3.05) is 6.54 Å². The van der Waals surface area contributed by atoms with Crippen LogP contribution in [0.2, 0.25) is 0 Å². The highest BCUT2D eigenvalue weighted by molar-refractivity contribution is 7.91. The number of para-hydroxylation sites is 1. The van der Waals surface area contributed by atoms with Crippen molar-refractivity contribution < 1.29 is 37.1 Å². The van der Waals surface area contributed by atoms with Crippen molar-refractivity contribution in [3.63, 3.8) is 0 Å². The zero-order chi connectivity index (χ0) is 40.1. The molecule has 15 heteroatoms. The van der Waals surface area contributed by atoms with E-state index in [1.54, 1.807) is 31.2 Å². The van der Waals surface area contributed by atoms with Gasteiger partial charge >= 0.3 is 5.97 Å². The number of hydrogen-bond donors (Lipinski definition) is 2. The van der Waals surface area contributed by atoms with Gasteiger partial charge in [-0.05, 0) is 95.1 Å². The van der Waals surface area contributed by atoms with Crippen LogP contribution in [0.15, 0.2) is 53.9 Å². The van der Waals surface area contributed by atoms with Crippen LogP contribution in [0.5, 0.6) is 6.01 Å². The van der Waals surface area contributed by atoms with Crippen LogP contribution in [0, 0.1) is 23.7 Å². The SMILES string of the molecule is C=C[C@@H]1C[C@]1(NC(=O)[C@@H]1C[C@@H]2CN1C(=O)[C@H](C1CCCC1)CC(=O)O[C@@H]1CCC[C@H]1CCC=CCn1c(nc3ccccc3c1=O)O2)C(=O)NS(=O)(=O)C1(C)CC1. The van der Waals surface area contributed by atoms with E-state index in [1.165, 1.54) is 15.5 Å². The van der Waals surface area contributed by atoms with Gasteiger partial charge in [0.1, 0.15) is 23.8 Å². The highest BCUT2D eigenvalue weighted by atomic mass is 32.2. The smallest absolute Gasteiger partial charge is 0.306 e. The second-order valence-corrected chi connectivity index (χ2v) is 19.5. The van der Waals surface area contributed by atoms with Crippen LogP contribution < -0.4 is 20.3 Å². The average Bonchev–Trinajstić information content (AvgIpc) is 3.81. The van der Waals surface area contributed by atoms with Crippen LogP contribution >= 0.6 is 0 Å². The number of aromatic nitrogens is 2. The summed E-state index contributed by atoms with van der Waals surface area (Å²) in [4.78, 5) is 77.0. The van der Waals surface area contributed by atoms with Crippen LogP contribution in [0.4, 0.5) is 0 Å². The number of esters is 1. The summed E-state index contributed by atoms with van der Waals surface area (Å²) in [5, 5.41) is 3.28. The molecule has 14 nitrogen and oxygen atoms in total. The number of carbonyl (C=O) groups excluding carboxylic acids is 4. The first-order chi connectivity index (χ1) is 27.3. The molecule has 1 aromatic heterocycles. The van der Waals surface area contributed by atoms with E-state index < -0.39 is 62.1 Å². The standard InChI is InChI=1S/C42H53N5O9S/c1-3-28-24-42(28,39(52)45-57(53,54)41(2)19-20-41)44-36(49)33-22-29-25-47(33)38(51)31(26-12-6-7-13-26)23-35(48)56-34-18-11-15-27(34)14-5-4-10-21-46-37(50)30-16-8-9-17-32(30)43-40(46)55-29/h3-4,8-10,16-17,26-29,31,33-34H,1,5-7,11-15,18-25H2,2H3,(H,44,49)(H,45,52)/t27-,28-,29-,31+,33+,34-,42-/m1/s1. The Kier molecular flexibility index (Phi) is 10.6. The summed E-state index contributed by atoms with van der Waals surface area (Å²) >= 11 is 0. The predicted octanol–water partition coefficient (Wildman–Crippen LogP) is 4.06. The summed E-state index contributed by atoms with van der Waals surface area (Å²) < 4.78 is 41.5. The molecule has 1 saturated heterocycles. The highest BCUT2D eigenvalue weighted by Gasteiger charge is 2.63. The quantitative estimate of drug-likeness (QED) is 0.306. The van der Waals surface area contributed by atoms with Gasteiger partial charge in [0.25, 0.3) is 17.5 Å². The van der Waals surface area contributed by atoms with Crippen molar-refractivity contribution in [2.24, 2.45) is 23.7 Å². The third-order valence-electron chi connectivity index (χ3n) is 13.5. The monoisotopic (exact) mass is 803 g/mol. The van der Waals surface area contributed by atoms with E-state index in [0.29, 0.717) is 23.7 Å². The van der Waals surface area contributed by atoms with Gasteiger partial charge in [0.15, 0.2) is 0 Å². The van der Waals surface area contributed by atoms with E-state index in [0.717, 1.165) is 57.8 Å². The zero-order valence-electron chi connectivity index (χ0n) is 32.5. The Morgan fingerprint density at radius 2 is 1.74 bits per heavy atom. The highest BCUT2D eigenvalue weighted by Crippen LogP contribution is 2.47. The number of fused-ring (bicyclic) bond motifs is 5. The predicted molar refractivity (Wildman–Crippen MR) is 210 cm³/mol. The van der Waals surface area contributed by atoms with Crippen LogP contribution in [0.3, 0.4) is 0 Å². The summed E-state index contributed by atoms with van der Waals surface area (Å²) in [5.41, 5.74) is -1.42. The van der Waals surface area contributed by atoms with E-state index >= 15 is 0 Å². The average molecular weight is 804 g/mol. The van der Waals surface area contributed by atoms with E-state index in [1.807, 2.05) is 12.2 Å². The third-order valence-corrected chi connectivity index (χ3v) is 15.7. The number of benzene rings is 1. The molecule has 306 valence electrons. The molecule has 6 aliphatic rings. The van der Waals surface area contributed by atoms with Gasteiger partial charge in [0, 0.05) is 18.9 Å². The van der Waals surface area contributed by atoms with Gasteiger partial charge < -0.3 is 19.7 Å². The Bertz CT molecular complexity index is 2160. The molecule has 4 aliphatic carbocycles. The summed E-state index contributed by atoms with van der Waals surface area (Å²) in [7, 11) is -4.01. The lowest BCUT2D eigenvalue weighted by Gasteiger charge is -2.32. The van der Waals surface area contributed by atoms with Gasteiger partial charge in [0.05, 0.1) is 34.5 Å². The molecule has 0 unspecified atom stereocenters.